The largest absolute Gasteiger partial charge is 0.374 e. The first kappa shape index (κ1) is 14.1. The predicted molar refractivity (Wildman–Crippen MR) is 76.4 cm³/mol. The standard InChI is InChI=1S/C16H23NO2/c1-11-6-7-14(8-12(11)2)15(18)17-9-13(3)19-10-16(17,4)5/h6-8,13H,9-10H2,1-5H3. The van der Waals surface area contributed by atoms with E-state index in [9.17, 15) is 4.79 Å². The Labute approximate surface area is 115 Å². The van der Waals surface area contributed by atoms with Crippen LogP contribution in [0.1, 0.15) is 42.3 Å². The molecule has 1 saturated heterocycles. The first-order valence-electron chi connectivity index (χ1n) is 6.82. The first-order chi connectivity index (χ1) is 8.81. The first-order valence-corrected chi connectivity index (χ1v) is 6.82. The van der Waals surface area contributed by atoms with Gasteiger partial charge in [0.25, 0.3) is 5.91 Å². The second-order valence-corrected chi connectivity index (χ2v) is 6.15. The number of carbonyl (C=O) groups is 1. The molecular weight excluding hydrogens is 238 g/mol. The van der Waals surface area contributed by atoms with E-state index in [4.69, 9.17) is 4.74 Å². The molecule has 3 heteroatoms. The number of ether oxygens (including phenoxy) is 1. The third-order valence-corrected chi connectivity index (χ3v) is 3.89. The van der Waals surface area contributed by atoms with Crippen molar-refractivity contribution in [3.05, 3.63) is 34.9 Å². The van der Waals surface area contributed by atoms with E-state index >= 15 is 0 Å². The van der Waals surface area contributed by atoms with E-state index in [1.807, 2.05) is 36.9 Å². The van der Waals surface area contributed by atoms with Gasteiger partial charge in [-0.3, -0.25) is 4.79 Å². The maximum Gasteiger partial charge on any atom is 0.254 e. The molecule has 1 aliphatic heterocycles. The van der Waals surface area contributed by atoms with E-state index in [-0.39, 0.29) is 17.6 Å². The maximum atomic E-state index is 12.7. The number of hydrogen-bond acceptors (Lipinski definition) is 2. The SMILES string of the molecule is Cc1ccc(C(=O)N2CC(C)OCC2(C)C)cc1C. The highest BCUT2D eigenvalue weighted by Gasteiger charge is 2.37. The van der Waals surface area contributed by atoms with Crippen molar-refractivity contribution in [2.45, 2.75) is 46.3 Å². The zero-order valence-corrected chi connectivity index (χ0v) is 12.5. The summed E-state index contributed by atoms with van der Waals surface area (Å²) in [6, 6.07) is 5.91. The Morgan fingerprint density at radius 2 is 2.00 bits per heavy atom. The molecule has 1 fully saturated rings. The van der Waals surface area contributed by atoms with Gasteiger partial charge >= 0.3 is 0 Å². The van der Waals surface area contributed by atoms with Crippen LogP contribution in [0.15, 0.2) is 18.2 Å². The molecule has 0 aromatic heterocycles. The lowest BCUT2D eigenvalue weighted by atomic mass is 9.98. The Morgan fingerprint density at radius 3 is 2.63 bits per heavy atom. The number of carbonyl (C=O) groups excluding carboxylic acids is 1. The maximum absolute atomic E-state index is 12.7. The van der Waals surface area contributed by atoms with Gasteiger partial charge in [-0.15, -0.1) is 0 Å². The summed E-state index contributed by atoms with van der Waals surface area (Å²) in [5.74, 6) is 0.100. The van der Waals surface area contributed by atoms with Crippen molar-refractivity contribution in [3.8, 4) is 0 Å². The summed E-state index contributed by atoms with van der Waals surface area (Å²) in [5.41, 5.74) is 2.89. The van der Waals surface area contributed by atoms with Crippen LogP contribution in [0, 0.1) is 13.8 Å². The topological polar surface area (TPSA) is 29.5 Å². The van der Waals surface area contributed by atoms with Gasteiger partial charge in [0, 0.05) is 12.1 Å². The molecule has 0 aliphatic carbocycles. The van der Waals surface area contributed by atoms with Crippen LogP contribution in [0.5, 0.6) is 0 Å². The smallest absolute Gasteiger partial charge is 0.254 e. The molecule has 19 heavy (non-hydrogen) atoms. The number of benzene rings is 1. The van der Waals surface area contributed by atoms with Crippen LogP contribution in [0.25, 0.3) is 0 Å². The van der Waals surface area contributed by atoms with Gasteiger partial charge in [0.15, 0.2) is 0 Å². The van der Waals surface area contributed by atoms with Crippen molar-refractivity contribution < 1.29 is 9.53 Å². The van der Waals surface area contributed by atoms with Crippen molar-refractivity contribution in [1.29, 1.82) is 0 Å². The Hall–Kier alpha value is -1.35. The van der Waals surface area contributed by atoms with Gasteiger partial charge in [-0.25, -0.2) is 0 Å². The van der Waals surface area contributed by atoms with Crippen LogP contribution in [-0.4, -0.2) is 35.6 Å². The van der Waals surface area contributed by atoms with Crippen molar-refractivity contribution >= 4 is 5.91 Å². The summed E-state index contributed by atoms with van der Waals surface area (Å²) in [7, 11) is 0. The van der Waals surface area contributed by atoms with Crippen LogP contribution >= 0.6 is 0 Å². The quantitative estimate of drug-likeness (QED) is 0.778. The fourth-order valence-corrected chi connectivity index (χ4v) is 2.37. The van der Waals surface area contributed by atoms with Crippen molar-refractivity contribution in [2.75, 3.05) is 13.2 Å². The fraction of sp³-hybridized carbons (Fsp3) is 0.562. The summed E-state index contributed by atoms with van der Waals surface area (Å²) in [4.78, 5) is 14.6. The zero-order chi connectivity index (χ0) is 14.2. The summed E-state index contributed by atoms with van der Waals surface area (Å²) in [6.45, 7) is 11.5. The second-order valence-electron chi connectivity index (χ2n) is 6.15. The van der Waals surface area contributed by atoms with Gasteiger partial charge in [-0.05, 0) is 57.9 Å². The molecule has 1 aliphatic rings. The minimum absolute atomic E-state index is 0.100. The van der Waals surface area contributed by atoms with Gasteiger partial charge in [0.05, 0.1) is 18.2 Å². The van der Waals surface area contributed by atoms with Gasteiger partial charge in [0.1, 0.15) is 0 Å². The molecule has 0 saturated carbocycles. The highest BCUT2D eigenvalue weighted by Crippen LogP contribution is 2.24. The summed E-state index contributed by atoms with van der Waals surface area (Å²) in [6.07, 6.45) is 0.100. The average Bonchev–Trinajstić information content (AvgIpc) is 2.35. The zero-order valence-electron chi connectivity index (χ0n) is 12.5. The summed E-state index contributed by atoms with van der Waals surface area (Å²) in [5, 5.41) is 0. The number of nitrogens with zero attached hydrogens (tertiary/aromatic N) is 1. The molecule has 1 amide bonds. The van der Waals surface area contributed by atoms with E-state index in [0.29, 0.717) is 13.2 Å². The van der Waals surface area contributed by atoms with Crippen LogP contribution in [0.3, 0.4) is 0 Å². The minimum atomic E-state index is -0.248. The summed E-state index contributed by atoms with van der Waals surface area (Å²) < 4.78 is 5.66. The minimum Gasteiger partial charge on any atom is -0.374 e. The molecule has 0 bridgehead atoms. The number of rotatable bonds is 1. The highest BCUT2D eigenvalue weighted by atomic mass is 16.5. The van der Waals surface area contributed by atoms with Crippen LogP contribution in [0.2, 0.25) is 0 Å². The Kier molecular flexibility index (Phi) is 3.68. The normalized spacial score (nSPS) is 22.4. The van der Waals surface area contributed by atoms with Crippen LogP contribution in [0.4, 0.5) is 0 Å². The molecule has 2 rings (SSSR count). The van der Waals surface area contributed by atoms with Gasteiger partial charge < -0.3 is 9.64 Å². The summed E-state index contributed by atoms with van der Waals surface area (Å²) >= 11 is 0. The molecular formula is C16H23NO2. The molecule has 1 unspecified atom stereocenters. The Morgan fingerprint density at radius 1 is 1.32 bits per heavy atom. The molecule has 0 spiro atoms. The predicted octanol–water partition coefficient (Wildman–Crippen LogP) is 2.94. The monoisotopic (exact) mass is 261 g/mol. The molecule has 104 valence electrons. The van der Waals surface area contributed by atoms with Gasteiger partial charge in [-0.1, -0.05) is 6.07 Å². The molecule has 1 atom stereocenters. The fourth-order valence-electron chi connectivity index (χ4n) is 2.37. The van der Waals surface area contributed by atoms with Gasteiger partial charge in [-0.2, -0.15) is 0 Å². The molecule has 1 aromatic carbocycles. The number of morpholine rings is 1. The second kappa shape index (κ2) is 4.97. The average molecular weight is 261 g/mol. The van der Waals surface area contributed by atoms with E-state index in [1.54, 1.807) is 0 Å². The van der Waals surface area contributed by atoms with Crippen molar-refractivity contribution in [3.63, 3.8) is 0 Å². The number of amides is 1. The molecule has 0 N–H and O–H groups in total. The highest BCUT2D eigenvalue weighted by molar-refractivity contribution is 5.95. The Bertz CT molecular complexity index is 494. The lowest BCUT2D eigenvalue weighted by Gasteiger charge is -2.44. The lowest BCUT2D eigenvalue weighted by Crippen LogP contribution is -2.57. The molecule has 1 aromatic rings. The van der Waals surface area contributed by atoms with E-state index in [1.165, 1.54) is 5.56 Å². The van der Waals surface area contributed by atoms with E-state index < -0.39 is 0 Å². The number of aryl methyl sites for hydroxylation is 2. The van der Waals surface area contributed by atoms with E-state index in [0.717, 1.165) is 11.1 Å². The van der Waals surface area contributed by atoms with Crippen molar-refractivity contribution in [1.82, 2.24) is 4.90 Å². The lowest BCUT2D eigenvalue weighted by molar-refractivity contribution is -0.0755. The molecule has 1 heterocycles. The third-order valence-electron chi connectivity index (χ3n) is 3.89. The molecule has 0 radical (unpaired) electrons. The van der Waals surface area contributed by atoms with Crippen LogP contribution < -0.4 is 0 Å². The van der Waals surface area contributed by atoms with Crippen LogP contribution in [-0.2, 0) is 4.74 Å². The van der Waals surface area contributed by atoms with Crippen molar-refractivity contribution in [2.24, 2.45) is 0 Å². The van der Waals surface area contributed by atoms with Gasteiger partial charge in [0.2, 0.25) is 0 Å². The Balaban J connectivity index is 2.29. The van der Waals surface area contributed by atoms with E-state index in [2.05, 4.69) is 20.8 Å². The third kappa shape index (κ3) is 2.81. The molecule has 3 nitrogen and oxygen atoms in total. The number of hydrogen-bond donors (Lipinski definition) is 0.